The summed E-state index contributed by atoms with van der Waals surface area (Å²) in [6, 6.07) is 6.60. The van der Waals surface area contributed by atoms with Gasteiger partial charge in [-0.15, -0.1) is 0 Å². The Kier molecular flexibility index (Phi) is 3.49. The molecule has 0 atom stereocenters. The van der Waals surface area contributed by atoms with Crippen molar-refractivity contribution >= 4 is 28.3 Å². The van der Waals surface area contributed by atoms with E-state index in [0.717, 1.165) is 5.69 Å². The number of methoxy groups -OCH3 is 1. The van der Waals surface area contributed by atoms with E-state index in [-0.39, 0.29) is 11.4 Å². The minimum atomic E-state index is -0.641. The zero-order valence-corrected chi connectivity index (χ0v) is 12.5. The molecule has 0 spiro atoms. The fraction of sp³-hybridized carbons (Fsp3) is 0.133. The molecule has 0 aliphatic heterocycles. The Morgan fingerprint density at radius 3 is 2.70 bits per heavy atom. The highest BCUT2D eigenvalue weighted by molar-refractivity contribution is 6.02. The Balaban J connectivity index is 2.10. The minimum Gasteiger partial charge on any atom is -0.496 e. The van der Waals surface area contributed by atoms with Gasteiger partial charge in [-0.2, -0.15) is 10.1 Å². The normalized spacial score (nSPS) is 10.7. The second-order valence-corrected chi connectivity index (χ2v) is 5.03. The van der Waals surface area contributed by atoms with Crippen LogP contribution in [0.3, 0.4) is 0 Å². The summed E-state index contributed by atoms with van der Waals surface area (Å²) in [6.07, 6.45) is 0. The standard InChI is InChI=1S/C15H15N5O3/c1-7-3-13(20-19-7)17-12-5-8-4-11(23-2)10(14(16)21)6-9(8)15(22)18-12/h3-6H,1-2H3,(H2,16,21)(H3,17,18,19,20,22). The zero-order chi connectivity index (χ0) is 16.6. The van der Waals surface area contributed by atoms with Crippen molar-refractivity contribution in [1.29, 1.82) is 0 Å². The van der Waals surface area contributed by atoms with Gasteiger partial charge in [0.05, 0.1) is 12.7 Å². The van der Waals surface area contributed by atoms with Gasteiger partial charge in [-0.25, -0.2) is 0 Å². The molecular weight excluding hydrogens is 298 g/mol. The third kappa shape index (κ3) is 2.73. The Morgan fingerprint density at radius 2 is 2.09 bits per heavy atom. The number of aromatic amines is 1. The number of aromatic hydroxyl groups is 1. The number of nitrogens with two attached hydrogens (primary N) is 1. The van der Waals surface area contributed by atoms with E-state index in [4.69, 9.17) is 10.5 Å². The number of nitrogens with zero attached hydrogens (tertiary/aromatic N) is 2. The molecule has 0 aliphatic carbocycles. The number of amides is 1. The Hall–Kier alpha value is -3.29. The molecule has 0 fully saturated rings. The Bertz CT molecular complexity index is 904. The number of benzene rings is 1. The maximum absolute atomic E-state index is 11.5. The maximum atomic E-state index is 11.5. The highest BCUT2D eigenvalue weighted by Gasteiger charge is 2.14. The number of hydrogen-bond acceptors (Lipinski definition) is 6. The van der Waals surface area contributed by atoms with Gasteiger partial charge in [-0.1, -0.05) is 0 Å². The van der Waals surface area contributed by atoms with Gasteiger partial charge in [-0.3, -0.25) is 9.89 Å². The summed E-state index contributed by atoms with van der Waals surface area (Å²) in [5.41, 5.74) is 6.40. The highest BCUT2D eigenvalue weighted by Crippen LogP contribution is 2.32. The summed E-state index contributed by atoms with van der Waals surface area (Å²) in [5.74, 6) is 0.460. The second kappa shape index (κ2) is 5.48. The first kappa shape index (κ1) is 14.6. The van der Waals surface area contributed by atoms with Gasteiger partial charge in [-0.05, 0) is 30.5 Å². The summed E-state index contributed by atoms with van der Waals surface area (Å²) in [4.78, 5) is 15.5. The largest absolute Gasteiger partial charge is 0.496 e. The average Bonchev–Trinajstić information content (AvgIpc) is 2.91. The molecule has 23 heavy (non-hydrogen) atoms. The molecule has 8 heteroatoms. The molecule has 0 aliphatic rings. The molecule has 1 aromatic carbocycles. The molecular formula is C15H15N5O3. The number of hydrogen-bond donors (Lipinski definition) is 4. The zero-order valence-electron chi connectivity index (χ0n) is 12.5. The average molecular weight is 313 g/mol. The molecule has 118 valence electrons. The number of primary amides is 1. The minimum absolute atomic E-state index is 0.181. The lowest BCUT2D eigenvalue weighted by Crippen LogP contribution is -2.12. The van der Waals surface area contributed by atoms with Gasteiger partial charge in [0.25, 0.3) is 5.91 Å². The maximum Gasteiger partial charge on any atom is 0.252 e. The molecule has 0 saturated carbocycles. The summed E-state index contributed by atoms with van der Waals surface area (Å²) >= 11 is 0. The molecule has 3 aromatic rings. The van der Waals surface area contributed by atoms with Crippen molar-refractivity contribution < 1.29 is 14.6 Å². The summed E-state index contributed by atoms with van der Waals surface area (Å²) < 4.78 is 5.18. The van der Waals surface area contributed by atoms with Crippen LogP contribution in [0.25, 0.3) is 10.8 Å². The summed E-state index contributed by atoms with van der Waals surface area (Å²) in [7, 11) is 1.44. The number of aromatic nitrogens is 3. The number of rotatable bonds is 4. The van der Waals surface area contributed by atoms with Crippen LogP contribution in [0.4, 0.5) is 11.6 Å². The summed E-state index contributed by atoms with van der Waals surface area (Å²) in [5, 5.41) is 21.0. The second-order valence-electron chi connectivity index (χ2n) is 5.03. The van der Waals surface area contributed by atoms with Crippen molar-refractivity contribution in [1.82, 2.24) is 15.2 Å². The van der Waals surface area contributed by atoms with Gasteiger partial charge < -0.3 is 20.9 Å². The quantitative estimate of drug-likeness (QED) is 0.582. The SMILES string of the molecule is COc1cc2cc(Nc3cc(C)[nH]n3)nc(O)c2cc1C(N)=O. The lowest BCUT2D eigenvalue weighted by Gasteiger charge is -2.10. The number of ether oxygens (including phenoxy) is 1. The topological polar surface area (TPSA) is 126 Å². The van der Waals surface area contributed by atoms with E-state index in [1.165, 1.54) is 13.2 Å². The van der Waals surface area contributed by atoms with Gasteiger partial charge in [0.2, 0.25) is 5.88 Å². The number of aryl methyl sites for hydroxylation is 1. The molecule has 0 bridgehead atoms. The van der Waals surface area contributed by atoms with E-state index in [1.54, 1.807) is 18.2 Å². The van der Waals surface area contributed by atoms with Crippen molar-refractivity contribution in [2.45, 2.75) is 6.92 Å². The van der Waals surface area contributed by atoms with Crippen LogP contribution in [0, 0.1) is 6.92 Å². The molecule has 2 heterocycles. The molecule has 8 nitrogen and oxygen atoms in total. The number of H-pyrrole nitrogens is 1. The molecule has 5 N–H and O–H groups in total. The first-order valence-electron chi connectivity index (χ1n) is 6.78. The number of carbonyl (C=O) groups is 1. The first-order valence-corrected chi connectivity index (χ1v) is 6.78. The lowest BCUT2D eigenvalue weighted by molar-refractivity contribution is 0.0997. The van der Waals surface area contributed by atoms with Crippen LogP contribution < -0.4 is 15.8 Å². The van der Waals surface area contributed by atoms with Crippen LogP contribution in [-0.2, 0) is 0 Å². The van der Waals surface area contributed by atoms with Crippen LogP contribution in [0.15, 0.2) is 24.3 Å². The Labute approximate surface area is 131 Å². The van der Waals surface area contributed by atoms with E-state index in [2.05, 4.69) is 20.5 Å². The van der Waals surface area contributed by atoms with Gasteiger partial charge in [0.1, 0.15) is 11.6 Å². The molecule has 0 radical (unpaired) electrons. The molecule has 2 aromatic heterocycles. The highest BCUT2D eigenvalue weighted by atomic mass is 16.5. The van der Waals surface area contributed by atoms with Gasteiger partial charge in [0, 0.05) is 17.1 Å². The number of carbonyl (C=O) groups excluding carboxylic acids is 1. The van der Waals surface area contributed by atoms with Crippen molar-refractivity contribution in [2.75, 3.05) is 12.4 Å². The van der Waals surface area contributed by atoms with Crippen molar-refractivity contribution in [3.8, 4) is 11.6 Å². The van der Waals surface area contributed by atoms with E-state index in [1.807, 2.05) is 6.92 Å². The van der Waals surface area contributed by atoms with E-state index < -0.39 is 5.91 Å². The fourth-order valence-electron chi connectivity index (χ4n) is 2.30. The summed E-state index contributed by atoms with van der Waals surface area (Å²) in [6.45, 7) is 1.87. The third-order valence-corrected chi connectivity index (χ3v) is 3.36. The predicted octanol–water partition coefficient (Wildman–Crippen LogP) is 1.82. The third-order valence-electron chi connectivity index (χ3n) is 3.36. The van der Waals surface area contributed by atoms with E-state index in [9.17, 15) is 9.90 Å². The first-order chi connectivity index (χ1) is 11.0. The van der Waals surface area contributed by atoms with Crippen molar-refractivity contribution in [3.05, 3.63) is 35.5 Å². The molecule has 0 saturated heterocycles. The van der Waals surface area contributed by atoms with E-state index >= 15 is 0 Å². The number of pyridine rings is 1. The molecule has 1 amide bonds. The van der Waals surface area contributed by atoms with Gasteiger partial charge >= 0.3 is 0 Å². The monoisotopic (exact) mass is 313 g/mol. The van der Waals surface area contributed by atoms with Gasteiger partial charge in [0.15, 0.2) is 5.82 Å². The van der Waals surface area contributed by atoms with E-state index in [0.29, 0.717) is 28.2 Å². The predicted molar refractivity (Wildman–Crippen MR) is 85.1 cm³/mol. The number of anilines is 2. The number of nitrogens with one attached hydrogen (secondary N) is 2. The van der Waals surface area contributed by atoms with Crippen molar-refractivity contribution in [2.24, 2.45) is 5.73 Å². The van der Waals surface area contributed by atoms with Crippen molar-refractivity contribution in [3.63, 3.8) is 0 Å². The smallest absolute Gasteiger partial charge is 0.252 e. The lowest BCUT2D eigenvalue weighted by atomic mass is 10.1. The van der Waals surface area contributed by atoms with Crippen LogP contribution in [0.1, 0.15) is 16.1 Å². The molecule has 0 unspecified atom stereocenters. The van der Waals surface area contributed by atoms with Crippen LogP contribution in [0.5, 0.6) is 11.6 Å². The van der Waals surface area contributed by atoms with Crippen LogP contribution in [0.2, 0.25) is 0 Å². The number of fused-ring (bicyclic) bond motifs is 1. The molecule has 3 rings (SSSR count). The van der Waals surface area contributed by atoms with Crippen LogP contribution >= 0.6 is 0 Å². The Morgan fingerprint density at radius 1 is 1.30 bits per heavy atom. The van der Waals surface area contributed by atoms with Crippen LogP contribution in [-0.4, -0.2) is 33.3 Å². The fourth-order valence-corrected chi connectivity index (χ4v) is 2.30.